The smallest absolute Gasteiger partial charge is 0.381 e. The summed E-state index contributed by atoms with van der Waals surface area (Å²) in [6.07, 6.45) is 0.667. The van der Waals surface area contributed by atoms with Gasteiger partial charge >= 0.3 is 5.89 Å². The molecule has 0 radical (unpaired) electrons. The van der Waals surface area contributed by atoms with Crippen molar-refractivity contribution in [2.45, 2.75) is 6.42 Å². The van der Waals surface area contributed by atoms with Crippen LogP contribution in [0.2, 0.25) is 0 Å². The molecule has 0 N–H and O–H groups in total. The minimum absolute atomic E-state index is 0.667. The highest BCUT2D eigenvalue weighted by Gasteiger charge is 2.25. The number of benzene rings is 3. The monoisotopic (exact) mass is 313 g/mol. The van der Waals surface area contributed by atoms with Crippen LogP contribution in [0.3, 0.4) is 0 Å². The second kappa shape index (κ2) is 6.50. The Kier molecular flexibility index (Phi) is 3.90. The number of para-hydroxylation sites is 1. The topological polar surface area (TPSA) is 29.9 Å². The van der Waals surface area contributed by atoms with Crippen LogP contribution in [0.1, 0.15) is 11.5 Å². The maximum atomic E-state index is 6.11. The van der Waals surface area contributed by atoms with E-state index < -0.39 is 0 Å². The Morgan fingerprint density at radius 1 is 0.708 bits per heavy atom. The highest BCUT2D eigenvalue weighted by atomic mass is 16.4. The first kappa shape index (κ1) is 14.4. The van der Waals surface area contributed by atoms with E-state index in [1.807, 2.05) is 83.5 Å². The van der Waals surface area contributed by atoms with Gasteiger partial charge in [-0.15, -0.1) is 0 Å². The van der Waals surface area contributed by atoms with Crippen LogP contribution in [0.15, 0.2) is 95.4 Å². The molecule has 0 saturated heterocycles. The molecule has 0 fully saturated rings. The summed E-state index contributed by atoms with van der Waals surface area (Å²) in [5, 5.41) is 4.70. The van der Waals surface area contributed by atoms with E-state index in [1.54, 1.807) is 0 Å². The standard InChI is InChI=1S/C21H17N2O/c1-4-10-17(11-5-1)16-20-22-23(19-14-8-3-9-15-19)21(24-20)18-12-6-2-7-13-18/h1-15H,16H2/q+1. The fourth-order valence-corrected chi connectivity index (χ4v) is 2.68. The molecule has 0 saturated carbocycles. The molecular formula is C21H17N2O+. The van der Waals surface area contributed by atoms with Gasteiger partial charge in [-0.1, -0.05) is 66.7 Å². The summed E-state index contributed by atoms with van der Waals surface area (Å²) in [6, 6.07) is 30.4. The van der Waals surface area contributed by atoms with Gasteiger partial charge in [0.1, 0.15) is 0 Å². The van der Waals surface area contributed by atoms with Crippen LogP contribution in [0.4, 0.5) is 0 Å². The summed E-state index contributed by atoms with van der Waals surface area (Å²) in [5.41, 5.74) is 3.17. The normalized spacial score (nSPS) is 10.7. The second-order valence-corrected chi connectivity index (χ2v) is 5.58. The molecule has 4 rings (SSSR count). The third-order valence-corrected chi connectivity index (χ3v) is 3.84. The largest absolute Gasteiger partial charge is 0.413 e. The average molecular weight is 313 g/mol. The SMILES string of the molecule is c1ccc(Cc2n[n+](-c3ccccc3)c(-c3ccccc3)o2)cc1. The molecule has 3 nitrogen and oxygen atoms in total. The number of hydrogen-bond acceptors (Lipinski definition) is 2. The van der Waals surface area contributed by atoms with Crippen molar-refractivity contribution in [1.29, 1.82) is 0 Å². The zero-order valence-corrected chi connectivity index (χ0v) is 13.2. The van der Waals surface area contributed by atoms with Gasteiger partial charge in [-0.25, -0.2) is 0 Å². The summed E-state index contributed by atoms with van der Waals surface area (Å²) in [6.45, 7) is 0. The van der Waals surface area contributed by atoms with Crippen molar-refractivity contribution in [3.05, 3.63) is 102 Å². The maximum absolute atomic E-state index is 6.11. The lowest BCUT2D eigenvalue weighted by Crippen LogP contribution is -2.34. The van der Waals surface area contributed by atoms with E-state index in [-0.39, 0.29) is 0 Å². The molecule has 0 atom stereocenters. The fourth-order valence-electron chi connectivity index (χ4n) is 2.68. The molecule has 1 heterocycles. The predicted octanol–water partition coefficient (Wildman–Crippen LogP) is 4.21. The van der Waals surface area contributed by atoms with Gasteiger partial charge < -0.3 is 4.42 Å². The zero-order valence-electron chi connectivity index (χ0n) is 13.2. The average Bonchev–Trinajstić information content (AvgIpc) is 3.08. The van der Waals surface area contributed by atoms with Gasteiger partial charge in [0, 0.05) is 17.2 Å². The summed E-state index contributed by atoms with van der Waals surface area (Å²) >= 11 is 0. The summed E-state index contributed by atoms with van der Waals surface area (Å²) < 4.78 is 7.98. The molecule has 0 bridgehead atoms. The van der Waals surface area contributed by atoms with Gasteiger partial charge in [-0.3, -0.25) is 0 Å². The van der Waals surface area contributed by atoms with Gasteiger partial charge in [0.25, 0.3) is 5.89 Å². The minimum atomic E-state index is 0.667. The van der Waals surface area contributed by atoms with Crippen LogP contribution >= 0.6 is 0 Å². The molecule has 0 unspecified atom stereocenters. The Bertz CT molecular complexity index is 859. The Morgan fingerprint density at radius 3 is 1.96 bits per heavy atom. The number of hydrogen-bond donors (Lipinski definition) is 0. The molecule has 3 heteroatoms. The Balaban J connectivity index is 1.79. The molecule has 0 aliphatic heterocycles. The third-order valence-electron chi connectivity index (χ3n) is 3.84. The Labute approximate surface area is 140 Å². The first-order valence-electron chi connectivity index (χ1n) is 7.97. The van der Waals surface area contributed by atoms with E-state index in [1.165, 1.54) is 5.56 Å². The molecule has 0 amide bonds. The quantitative estimate of drug-likeness (QED) is 0.528. The van der Waals surface area contributed by atoms with Crippen LogP contribution in [0, 0.1) is 0 Å². The highest BCUT2D eigenvalue weighted by Crippen LogP contribution is 2.19. The van der Waals surface area contributed by atoms with Gasteiger partial charge in [0.15, 0.2) is 0 Å². The predicted molar refractivity (Wildman–Crippen MR) is 92.7 cm³/mol. The molecule has 0 aliphatic rings. The molecule has 0 aliphatic carbocycles. The van der Waals surface area contributed by atoms with Gasteiger partial charge in [-0.05, 0) is 22.4 Å². The van der Waals surface area contributed by atoms with E-state index in [0.717, 1.165) is 17.1 Å². The van der Waals surface area contributed by atoms with E-state index in [2.05, 4.69) is 12.1 Å². The van der Waals surface area contributed by atoms with Crippen LogP contribution < -0.4 is 4.68 Å². The van der Waals surface area contributed by atoms with Crippen molar-refractivity contribution in [2.24, 2.45) is 0 Å². The van der Waals surface area contributed by atoms with Gasteiger partial charge in [0.2, 0.25) is 5.69 Å². The molecule has 0 spiro atoms. The Hall–Kier alpha value is -3.20. The minimum Gasteiger partial charge on any atom is -0.381 e. The van der Waals surface area contributed by atoms with Gasteiger partial charge in [0.05, 0.1) is 12.0 Å². The van der Waals surface area contributed by atoms with E-state index in [4.69, 9.17) is 9.52 Å². The summed E-state index contributed by atoms with van der Waals surface area (Å²) in [7, 11) is 0. The number of aromatic nitrogens is 2. The van der Waals surface area contributed by atoms with E-state index >= 15 is 0 Å². The summed E-state index contributed by atoms with van der Waals surface area (Å²) in [5.74, 6) is 1.44. The van der Waals surface area contributed by atoms with Crippen molar-refractivity contribution in [1.82, 2.24) is 5.10 Å². The highest BCUT2D eigenvalue weighted by molar-refractivity contribution is 5.50. The second-order valence-electron chi connectivity index (χ2n) is 5.58. The van der Waals surface area contributed by atoms with Crippen molar-refractivity contribution >= 4 is 0 Å². The lowest BCUT2D eigenvalue weighted by atomic mass is 10.1. The molecule has 116 valence electrons. The van der Waals surface area contributed by atoms with E-state index in [9.17, 15) is 0 Å². The summed E-state index contributed by atoms with van der Waals surface area (Å²) in [4.78, 5) is 0. The zero-order chi connectivity index (χ0) is 16.2. The van der Waals surface area contributed by atoms with Crippen LogP contribution in [0.5, 0.6) is 0 Å². The molecular weight excluding hydrogens is 296 g/mol. The Morgan fingerprint density at radius 2 is 1.29 bits per heavy atom. The molecule has 3 aromatic carbocycles. The van der Waals surface area contributed by atoms with Crippen LogP contribution in [-0.2, 0) is 6.42 Å². The van der Waals surface area contributed by atoms with Crippen LogP contribution in [0.25, 0.3) is 17.1 Å². The lowest BCUT2D eigenvalue weighted by Gasteiger charge is -1.93. The molecule has 24 heavy (non-hydrogen) atoms. The maximum Gasteiger partial charge on any atom is 0.413 e. The number of nitrogens with zero attached hydrogens (tertiary/aromatic N) is 2. The molecule has 1 aromatic heterocycles. The first-order valence-corrected chi connectivity index (χ1v) is 7.97. The van der Waals surface area contributed by atoms with Crippen LogP contribution in [-0.4, -0.2) is 5.10 Å². The molecule has 4 aromatic rings. The van der Waals surface area contributed by atoms with Crippen molar-refractivity contribution in [3.63, 3.8) is 0 Å². The third kappa shape index (κ3) is 2.97. The first-order chi connectivity index (χ1) is 11.9. The van der Waals surface area contributed by atoms with Crippen molar-refractivity contribution in [2.75, 3.05) is 0 Å². The van der Waals surface area contributed by atoms with Gasteiger partial charge in [-0.2, -0.15) is 0 Å². The van der Waals surface area contributed by atoms with Crippen molar-refractivity contribution < 1.29 is 9.10 Å². The van der Waals surface area contributed by atoms with E-state index in [0.29, 0.717) is 12.3 Å². The lowest BCUT2D eigenvalue weighted by molar-refractivity contribution is -0.648. The number of rotatable bonds is 4. The van der Waals surface area contributed by atoms with Crippen molar-refractivity contribution in [3.8, 4) is 17.1 Å². The fraction of sp³-hybridized carbons (Fsp3) is 0.0476.